The second-order valence-electron chi connectivity index (χ2n) is 6.76. The molecule has 1 aliphatic carbocycles. The molecule has 0 unspecified atom stereocenters. The van der Waals surface area contributed by atoms with Gasteiger partial charge in [0.15, 0.2) is 0 Å². The van der Waals surface area contributed by atoms with E-state index in [4.69, 9.17) is 0 Å². The van der Waals surface area contributed by atoms with Crippen LogP contribution in [0.4, 0.5) is 0 Å². The van der Waals surface area contributed by atoms with Gasteiger partial charge in [-0.05, 0) is 38.2 Å². The van der Waals surface area contributed by atoms with Gasteiger partial charge in [0.25, 0.3) is 0 Å². The van der Waals surface area contributed by atoms with Gasteiger partial charge in [0, 0.05) is 17.8 Å². The average molecular weight is 388 g/mol. The Kier molecular flexibility index (Phi) is 6.68. The SMILES string of the molecule is Cc1ccc(CNC(=O)CSc2nc(=O)n(CCO)c3c2CCCC3)cc1. The lowest BCUT2D eigenvalue weighted by atomic mass is 9.97. The molecular weight excluding hydrogens is 362 g/mol. The third-order valence-electron chi connectivity index (χ3n) is 4.72. The number of aromatic nitrogens is 2. The van der Waals surface area contributed by atoms with Gasteiger partial charge in [0.1, 0.15) is 5.03 Å². The Labute approximate surface area is 163 Å². The maximum Gasteiger partial charge on any atom is 0.348 e. The zero-order chi connectivity index (χ0) is 19.2. The van der Waals surface area contributed by atoms with Crippen LogP contribution in [0.25, 0.3) is 0 Å². The first kappa shape index (κ1) is 19.6. The van der Waals surface area contributed by atoms with E-state index in [1.165, 1.54) is 17.3 Å². The lowest BCUT2D eigenvalue weighted by Gasteiger charge is -2.22. The van der Waals surface area contributed by atoms with Crippen molar-refractivity contribution in [2.45, 2.75) is 50.7 Å². The molecule has 0 atom stereocenters. The highest BCUT2D eigenvalue weighted by Crippen LogP contribution is 2.28. The smallest absolute Gasteiger partial charge is 0.348 e. The van der Waals surface area contributed by atoms with Crippen molar-refractivity contribution >= 4 is 17.7 Å². The van der Waals surface area contributed by atoms with Crippen LogP contribution in [0.1, 0.15) is 35.2 Å². The fraction of sp³-hybridized carbons (Fsp3) is 0.450. The number of nitrogens with one attached hydrogen (secondary N) is 1. The zero-order valence-electron chi connectivity index (χ0n) is 15.5. The molecule has 2 N–H and O–H groups in total. The summed E-state index contributed by atoms with van der Waals surface area (Å²) in [7, 11) is 0. The maximum atomic E-state index is 12.3. The van der Waals surface area contributed by atoms with Crippen LogP contribution in [-0.4, -0.2) is 32.9 Å². The van der Waals surface area contributed by atoms with E-state index in [-0.39, 0.29) is 30.5 Å². The number of hydrogen-bond donors (Lipinski definition) is 2. The number of carbonyl (C=O) groups excluding carboxylic acids is 1. The van der Waals surface area contributed by atoms with Crippen molar-refractivity contribution in [3.8, 4) is 0 Å². The number of nitrogens with zero attached hydrogens (tertiary/aromatic N) is 2. The number of rotatable bonds is 7. The van der Waals surface area contributed by atoms with Crippen LogP contribution in [-0.2, 0) is 30.7 Å². The Morgan fingerprint density at radius 2 is 2.00 bits per heavy atom. The lowest BCUT2D eigenvalue weighted by Crippen LogP contribution is -2.31. The molecule has 0 saturated carbocycles. The molecule has 0 spiro atoms. The second-order valence-corrected chi connectivity index (χ2v) is 7.72. The molecule has 0 radical (unpaired) electrons. The second kappa shape index (κ2) is 9.19. The fourth-order valence-electron chi connectivity index (χ4n) is 3.29. The molecule has 27 heavy (non-hydrogen) atoms. The predicted octanol–water partition coefficient (Wildman–Crippen LogP) is 1.83. The highest BCUT2D eigenvalue weighted by molar-refractivity contribution is 7.99. The summed E-state index contributed by atoms with van der Waals surface area (Å²) in [5.74, 6) is 0.154. The van der Waals surface area contributed by atoms with Crippen molar-refractivity contribution < 1.29 is 9.90 Å². The van der Waals surface area contributed by atoms with Crippen LogP contribution >= 0.6 is 11.8 Å². The van der Waals surface area contributed by atoms with E-state index in [1.54, 1.807) is 4.57 Å². The molecule has 144 valence electrons. The Balaban J connectivity index is 1.65. The first-order valence-corrected chi connectivity index (χ1v) is 10.3. The molecule has 1 amide bonds. The van der Waals surface area contributed by atoms with Gasteiger partial charge < -0.3 is 10.4 Å². The third-order valence-corrected chi connectivity index (χ3v) is 5.74. The first-order chi connectivity index (χ1) is 13.1. The number of aliphatic hydroxyl groups excluding tert-OH is 1. The zero-order valence-corrected chi connectivity index (χ0v) is 16.3. The molecule has 0 bridgehead atoms. The summed E-state index contributed by atoms with van der Waals surface area (Å²) in [6.07, 6.45) is 3.77. The molecule has 6 nitrogen and oxygen atoms in total. The quantitative estimate of drug-likeness (QED) is 0.559. The molecule has 1 aliphatic rings. The van der Waals surface area contributed by atoms with Crippen molar-refractivity contribution in [1.82, 2.24) is 14.9 Å². The summed E-state index contributed by atoms with van der Waals surface area (Å²) in [6, 6.07) is 8.05. The van der Waals surface area contributed by atoms with Crippen LogP contribution < -0.4 is 11.0 Å². The van der Waals surface area contributed by atoms with E-state index in [1.807, 2.05) is 31.2 Å². The van der Waals surface area contributed by atoms with E-state index in [9.17, 15) is 14.7 Å². The minimum Gasteiger partial charge on any atom is -0.395 e. The molecule has 1 aromatic heterocycles. The molecule has 0 saturated heterocycles. The van der Waals surface area contributed by atoms with Gasteiger partial charge in [0.2, 0.25) is 5.91 Å². The van der Waals surface area contributed by atoms with Gasteiger partial charge in [-0.15, -0.1) is 0 Å². The molecular formula is C20H25N3O3S. The predicted molar refractivity (Wildman–Crippen MR) is 106 cm³/mol. The van der Waals surface area contributed by atoms with Crippen LogP contribution in [0.5, 0.6) is 0 Å². The van der Waals surface area contributed by atoms with Gasteiger partial charge in [-0.1, -0.05) is 41.6 Å². The maximum absolute atomic E-state index is 12.3. The summed E-state index contributed by atoms with van der Waals surface area (Å²) < 4.78 is 1.58. The Morgan fingerprint density at radius 3 is 2.74 bits per heavy atom. The summed E-state index contributed by atoms with van der Waals surface area (Å²) in [4.78, 5) is 28.7. The van der Waals surface area contributed by atoms with Gasteiger partial charge >= 0.3 is 5.69 Å². The van der Waals surface area contributed by atoms with Gasteiger partial charge in [0.05, 0.1) is 18.9 Å². The van der Waals surface area contributed by atoms with Crippen LogP contribution in [0.15, 0.2) is 34.1 Å². The number of aliphatic hydroxyl groups is 1. The van der Waals surface area contributed by atoms with Gasteiger partial charge in [-0.25, -0.2) is 4.79 Å². The lowest BCUT2D eigenvalue weighted by molar-refractivity contribution is -0.118. The topological polar surface area (TPSA) is 84.2 Å². The van der Waals surface area contributed by atoms with Crippen molar-refractivity contribution in [3.05, 3.63) is 57.1 Å². The number of hydrogen-bond acceptors (Lipinski definition) is 5. The molecule has 3 rings (SSSR count). The number of amides is 1. The highest BCUT2D eigenvalue weighted by atomic mass is 32.2. The monoisotopic (exact) mass is 387 g/mol. The van der Waals surface area contributed by atoms with Gasteiger partial charge in [-0.2, -0.15) is 4.98 Å². The van der Waals surface area contributed by atoms with E-state index in [0.717, 1.165) is 42.5 Å². The standard InChI is InChI=1S/C20H25N3O3S/c1-14-6-8-15(9-7-14)12-21-18(25)13-27-19-16-4-2-3-5-17(16)23(10-11-24)20(26)22-19/h6-9,24H,2-5,10-13H2,1H3,(H,21,25). The summed E-state index contributed by atoms with van der Waals surface area (Å²) in [6.45, 7) is 2.71. The van der Waals surface area contributed by atoms with Crippen LogP contribution in [0, 0.1) is 6.92 Å². The Hall–Kier alpha value is -2.12. The van der Waals surface area contributed by atoms with Crippen molar-refractivity contribution in [1.29, 1.82) is 0 Å². The number of thioether (sulfide) groups is 1. The third kappa shape index (κ3) is 4.99. The molecule has 1 aromatic carbocycles. The molecule has 7 heteroatoms. The largest absolute Gasteiger partial charge is 0.395 e. The number of fused-ring (bicyclic) bond motifs is 1. The minimum absolute atomic E-state index is 0.0773. The summed E-state index contributed by atoms with van der Waals surface area (Å²) >= 11 is 1.32. The summed E-state index contributed by atoms with van der Waals surface area (Å²) in [5, 5.41) is 12.8. The Morgan fingerprint density at radius 1 is 1.26 bits per heavy atom. The normalized spacial score (nSPS) is 13.3. The molecule has 0 aliphatic heterocycles. The molecule has 2 aromatic rings. The van der Waals surface area contributed by atoms with Gasteiger partial charge in [-0.3, -0.25) is 9.36 Å². The summed E-state index contributed by atoms with van der Waals surface area (Å²) in [5.41, 5.74) is 3.93. The molecule has 0 fully saturated rings. The van der Waals surface area contributed by atoms with E-state index >= 15 is 0 Å². The first-order valence-electron chi connectivity index (χ1n) is 9.27. The van der Waals surface area contributed by atoms with E-state index < -0.39 is 0 Å². The van der Waals surface area contributed by atoms with Crippen LogP contribution in [0.3, 0.4) is 0 Å². The van der Waals surface area contributed by atoms with Crippen LogP contribution in [0.2, 0.25) is 0 Å². The average Bonchev–Trinajstić information content (AvgIpc) is 2.68. The van der Waals surface area contributed by atoms with Crippen molar-refractivity contribution in [2.24, 2.45) is 0 Å². The number of carbonyl (C=O) groups is 1. The molecule has 1 heterocycles. The van der Waals surface area contributed by atoms with Crippen molar-refractivity contribution in [3.63, 3.8) is 0 Å². The number of aryl methyl sites for hydroxylation is 1. The van der Waals surface area contributed by atoms with E-state index in [2.05, 4.69) is 10.3 Å². The van der Waals surface area contributed by atoms with Crippen molar-refractivity contribution in [2.75, 3.05) is 12.4 Å². The fourth-order valence-corrected chi connectivity index (χ4v) is 4.20. The Bertz CT molecular complexity index is 862. The minimum atomic E-state index is -0.340. The number of benzene rings is 1. The highest BCUT2D eigenvalue weighted by Gasteiger charge is 2.20. The van der Waals surface area contributed by atoms with E-state index in [0.29, 0.717) is 11.6 Å².